The molecule has 0 saturated carbocycles. The number of carbonyl (C=O) groups excluding carboxylic acids is 1. The van der Waals surface area contributed by atoms with E-state index < -0.39 is 5.91 Å². The molecule has 0 aliphatic carbocycles. The van der Waals surface area contributed by atoms with Crippen molar-refractivity contribution in [3.8, 4) is 22.4 Å². The topological polar surface area (TPSA) is 83.8 Å². The second kappa shape index (κ2) is 6.53. The van der Waals surface area contributed by atoms with Gasteiger partial charge in [0.1, 0.15) is 5.82 Å². The highest BCUT2D eigenvalue weighted by Crippen LogP contribution is 2.26. The molecule has 1 atom stereocenters. The predicted octanol–water partition coefficient (Wildman–Crippen LogP) is 3.27. The number of hydrogen-bond donors (Lipinski definition) is 3. The number of aromatic nitrogens is 2. The lowest BCUT2D eigenvalue weighted by Gasteiger charge is -2.06. The highest BCUT2D eigenvalue weighted by molar-refractivity contribution is 5.93. The van der Waals surface area contributed by atoms with Gasteiger partial charge >= 0.3 is 0 Å². The number of benzene rings is 2. The fourth-order valence-electron chi connectivity index (χ4n) is 3.25. The molecule has 126 valence electrons. The Bertz CT molecular complexity index is 875. The fourth-order valence-corrected chi connectivity index (χ4v) is 3.25. The number of primary amides is 1. The van der Waals surface area contributed by atoms with Gasteiger partial charge in [-0.15, -0.1) is 0 Å². The van der Waals surface area contributed by atoms with E-state index in [4.69, 9.17) is 5.73 Å². The zero-order valence-electron chi connectivity index (χ0n) is 13.8. The second-order valence-electron chi connectivity index (χ2n) is 6.35. The minimum Gasteiger partial charge on any atom is -0.366 e. The van der Waals surface area contributed by atoms with Crippen molar-refractivity contribution in [3.63, 3.8) is 0 Å². The Balaban J connectivity index is 1.54. The average Bonchev–Trinajstić information content (AvgIpc) is 3.33. The van der Waals surface area contributed by atoms with Crippen molar-refractivity contribution in [2.24, 2.45) is 5.73 Å². The van der Waals surface area contributed by atoms with Crippen LogP contribution in [0.3, 0.4) is 0 Å². The number of carbonyl (C=O) groups is 1. The smallest absolute Gasteiger partial charge is 0.248 e. The summed E-state index contributed by atoms with van der Waals surface area (Å²) < 4.78 is 0. The number of nitrogens with zero attached hydrogens (tertiary/aromatic N) is 1. The Morgan fingerprint density at radius 3 is 2.24 bits per heavy atom. The molecule has 1 aliphatic rings. The van der Waals surface area contributed by atoms with Crippen LogP contribution in [0.1, 0.15) is 35.1 Å². The van der Waals surface area contributed by atoms with Crippen LogP contribution < -0.4 is 11.1 Å². The van der Waals surface area contributed by atoms with Crippen LogP contribution in [0.2, 0.25) is 0 Å². The summed E-state index contributed by atoms with van der Waals surface area (Å²) in [6.45, 7) is 1.06. The molecule has 1 unspecified atom stereocenters. The normalized spacial score (nSPS) is 16.9. The number of H-pyrrole nitrogens is 1. The van der Waals surface area contributed by atoms with Crippen LogP contribution in [-0.4, -0.2) is 22.4 Å². The molecule has 5 nitrogen and oxygen atoms in total. The highest BCUT2D eigenvalue weighted by Gasteiger charge is 2.19. The van der Waals surface area contributed by atoms with Crippen LogP contribution in [0, 0.1) is 0 Å². The van der Waals surface area contributed by atoms with Gasteiger partial charge in [0.05, 0.1) is 17.9 Å². The summed E-state index contributed by atoms with van der Waals surface area (Å²) in [5.74, 6) is 0.604. The Labute approximate surface area is 146 Å². The largest absolute Gasteiger partial charge is 0.366 e. The summed E-state index contributed by atoms with van der Waals surface area (Å²) in [5, 5.41) is 3.45. The van der Waals surface area contributed by atoms with Gasteiger partial charge < -0.3 is 16.0 Å². The van der Waals surface area contributed by atoms with E-state index in [1.165, 1.54) is 6.42 Å². The molecule has 5 heteroatoms. The van der Waals surface area contributed by atoms with Gasteiger partial charge in [-0.05, 0) is 48.2 Å². The molecule has 1 aliphatic heterocycles. The highest BCUT2D eigenvalue weighted by atomic mass is 16.1. The van der Waals surface area contributed by atoms with Gasteiger partial charge in [0.25, 0.3) is 0 Å². The van der Waals surface area contributed by atoms with Crippen molar-refractivity contribution in [1.29, 1.82) is 0 Å². The van der Waals surface area contributed by atoms with Crippen molar-refractivity contribution < 1.29 is 4.79 Å². The van der Waals surface area contributed by atoms with Crippen molar-refractivity contribution >= 4 is 5.91 Å². The van der Waals surface area contributed by atoms with Gasteiger partial charge in [-0.25, -0.2) is 4.98 Å². The number of hydrogen-bond acceptors (Lipinski definition) is 3. The summed E-state index contributed by atoms with van der Waals surface area (Å²) in [7, 11) is 0. The summed E-state index contributed by atoms with van der Waals surface area (Å²) in [6.07, 6.45) is 4.23. The van der Waals surface area contributed by atoms with E-state index in [-0.39, 0.29) is 0 Å². The lowest BCUT2D eigenvalue weighted by molar-refractivity contribution is 0.100. The van der Waals surface area contributed by atoms with E-state index in [0.717, 1.165) is 41.2 Å². The Morgan fingerprint density at radius 1 is 1.00 bits per heavy atom. The third kappa shape index (κ3) is 3.19. The number of aromatic amines is 1. The van der Waals surface area contributed by atoms with Gasteiger partial charge in [-0.1, -0.05) is 36.4 Å². The summed E-state index contributed by atoms with van der Waals surface area (Å²) in [4.78, 5) is 19.1. The maximum atomic E-state index is 11.2. The summed E-state index contributed by atoms with van der Waals surface area (Å²) in [5.41, 5.74) is 10.1. The van der Waals surface area contributed by atoms with Gasteiger partial charge in [-0.3, -0.25) is 4.79 Å². The van der Waals surface area contributed by atoms with Crippen LogP contribution in [0.15, 0.2) is 54.7 Å². The maximum absolute atomic E-state index is 11.2. The number of nitrogens with one attached hydrogen (secondary N) is 2. The number of rotatable bonds is 4. The lowest BCUT2D eigenvalue weighted by Crippen LogP contribution is -2.14. The average molecular weight is 332 g/mol. The van der Waals surface area contributed by atoms with E-state index in [2.05, 4.69) is 39.6 Å². The Morgan fingerprint density at radius 2 is 1.64 bits per heavy atom. The minimum absolute atomic E-state index is 0.344. The molecule has 2 aromatic carbocycles. The molecule has 0 spiro atoms. The second-order valence-corrected chi connectivity index (χ2v) is 6.35. The van der Waals surface area contributed by atoms with Crippen molar-refractivity contribution in [2.75, 3.05) is 6.54 Å². The van der Waals surface area contributed by atoms with Crippen molar-refractivity contribution in [3.05, 3.63) is 66.1 Å². The third-order valence-corrected chi connectivity index (χ3v) is 4.68. The predicted molar refractivity (Wildman–Crippen MR) is 98.0 cm³/mol. The molecule has 0 bridgehead atoms. The quantitative estimate of drug-likeness (QED) is 0.685. The molecule has 1 aromatic heterocycles. The van der Waals surface area contributed by atoms with E-state index in [0.29, 0.717) is 11.6 Å². The minimum atomic E-state index is -0.409. The van der Waals surface area contributed by atoms with Crippen LogP contribution in [0.25, 0.3) is 22.4 Å². The number of amides is 1. The molecular formula is C20H20N4O. The SMILES string of the molecule is NC(=O)c1ccc(-c2ccc(-c3cnc(C4CCCN4)[nH]3)cc2)cc1. The van der Waals surface area contributed by atoms with Crippen molar-refractivity contribution in [2.45, 2.75) is 18.9 Å². The Kier molecular flexibility index (Phi) is 4.07. The molecule has 3 aromatic rings. The van der Waals surface area contributed by atoms with E-state index in [1.54, 1.807) is 12.1 Å². The van der Waals surface area contributed by atoms with E-state index in [9.17, 15) is 4.79 Å². The van der Waals surface area contributed by atoms with Crippen LogP contribution in [-0.2, 0) is 0 Å². The number of nitrogens with two attached hydrogens (primary N) is 1. The molecular weight excluding hydrogens is 312 g/mol. The van der Waals surface area contributed by atoms with Gasteiger partial charge in [0.2, 0.25) is 5.91 Å². The molecule has 25 heavy (non-hydrogen) atoms. The first kappa shape index (κ1) is 15.6. The zero-order chi connectivity index (χ0) is 17.2. The standard InChI is InChI=1S/C20H20N4O/c21-19(25)16-9-5-14(6-10-16)13-3-7-15(8-4-13)18-12-23-20(24-18)17-2-1-11-22-17/h3-10,12,17,22H,1-2,11H2,(H2,21,25)(H,23,24). The molecule has 2 heterocycles. The Hall–Kier alpha value is -2.92. The zero-order valence-corrected chi connectivity index (χ0v) is 13.8. The lowest BCUT2D eigenvalue weighted by atomic mass is 10.0. The molecule has 1 saturated heterocycles. The van der Waals surface area contributed by atoms with Gasteiger partial charge in [-0.2, -0.15) is 0 Å². The van der Waals surface area contributed by atoms with Gasteiger partial charge in [0, 0.05) is 5.56 Å². The molecule has 1 amide bonds. The molecule has 0 radical (unpaired) electrons. The third-order valence-electron chi connectivity index (χ3n) is 4.68. The maximum Gasteiger partial charge on any atom is 0.248 e. The van der Waals surface area contributed by atoms with Gasteiger partial charge in [0.15, 0.2) is 0 Å². The van der Waals surface area contributed by atoms with Crippen molar-refractivity contribution in [1.82, 2.24) is 15.3 Å². The van der Waals surface area contributed by atoms with Crippen LogP contribution in [0.4, 0.5) is 0 Å². The fraction of sp³-hybridized carbons (Fsp3) is 0.200. The van der Waals surface area contributed by atoms with Crippen LogP contribution in [0.5, 0.6) is 0 Å². The monoisotopic (exact) mass is 332 g/mol. The molecule has 1 fully saturated rings. The van der Waals surface area contributed by atoms with Crippen LogP contribution >= 0.6 is 0 Å². The van der Waals surface area contributed by atoms with E-state index >= 15 is 0 Å². The summed E-state index contributed by atoms with van der Waals surface area (Å²) >= 11 is 0. The van der Waals surface area contributed by atoms with E-state index in [1.807, 2.05) is 18.3 Å². The number of imidazole rings is 1. The first-order chi connectivity index (χ1) is 12.2. The summed E-state index contributed by atoms with van der Waals surface area (Å²) in [6, 6.07) is 16.0. The first-order valence-corrected chi connectivity index (χ1v) is 8.50. The first-order valence-electron chi connectivity index (χ1n) is 8.50. The molecule has 4 N–H and O–H groups in total. The molecule has 4 rings (SSSR count).